The van der Waals surface area contributed by atoms with Crippen molar-refractivity contribution >= 4 is 5.91 Å². The van der Waals surface area contributed by atoms with Gasteiger partial charge in [0.25, 0.3) is 11.5 Å². The van der Waals surface area contributed by atoms with E-state index < -0.39 is 5.60 Å². The molecule has 2 N–H and O–H groups in total. The molecule has 0 bridgehead atoms. The minimum atomic E-state index is -1.03. The van der Waals surface area contributed by atoms with Crippen molar-refractivity contribution in [1.82, 2.24) is 19.8 Å². The maximum atomic E-state index is 13.2. The highest BCUT2D eigenvalue weighted by Crippen LogP contribution is 2.31. The summed E-state index contributed by atoms with van der Waals surface area (Å²) in [6, 6.07) is 7.35. The van der Waals surface area contributed by atoms with Crippen molar-refractivity contribution in [2.75, 3.05) is 26.2 Å². The summed E-state index contributed by atoms with van der Waals surface area (Å²) in [5.41, 5.74) is 0.350. The molecule has 4 rings (SSSR count). The van der Waals surface area contributed by atoms with Gasteiger partial charge in [0.05, 0.1) is 5.69 Å². The van der Waals surface area contributed by atoms with Crippen molar-refractivity contribution in [1.29, 1.82) is 0 Å². The van der Waals surface area contributed by atoms with Crippen molar-refractivity contribution in [2.24, 2.45) is 5.92 Å². The molecule has 2 saturated heterocycles. The summed E-state index contributed by atoms with van der Waals surface area (Å²) < 4.78 is 1.69. The predicted molar refractivity (Wildman–Crippen MR) is 114 cm³/mol. The van der Waals surface area contributed by atoms with Crippen LogP contribution in [-0.4, -0.2) is 51.6 Å². The Kier molecular flexibility index (Phi) is 6.01. The standard InChI is InChI=1S/C23H30N4O3/c1-17-7-12-27(16-18-5-4-10-24-15-18)22(29)20(17)21(28)26-13-8-23(30,9-14-26)19-6-2-3-11-25-19/h2-3,6-7,11-12,18,24,30H,4-5,8-10,13-16H2,1H3. The van der Waals surface area contributed by atoms with E-state index in [1.54, 1.807) is 21.9 Å². The molecule has 1 amide bonds. The molecule has 0 aromatic carbocycles. The third-order valence-electron chi connectivity index (χ3n) is 6.46. The maximum Gasteiger partial charge on any atom is 0.263 e. The van der Waals surface area contributed by atoms with Crippen molar-refractivity contribution in [3.8, 4) is 0 Å². The normalized spacial score (nSPS) is 21.4. The number of nitrogens with zero attached hydrogens (tertiary/aromatic N) is 3. The van der Waals surface area contributed by atoms with E-state index in [2.05, 4.69) is 10.3 Å². The average Bonchev–Trinajstić information content (AvgIpc) is 2.77. The van der Waals surface area contributed by atoms with Gasteiger partial charge in [0.1, 0.15) is 11.2 Å². The zero-order valence-corrected chi connectivity index (χ0v) is 17.5. The van der Waals surface area contributed by atoms with Crippen LogP contribution in [0.4, 0.5) is 0 Å². The van der Waals surface area contributed by atoms with Gasteiger partial charge in [0.15, 0.2) is 0 Å². The number of hydrogen-bond acceptors (Lipinski definition) is 5. The van der Waals surface area contributed by atoms with E-state index in [1.165, 1.54) is 0 Å². The predicted octanol–water partition coefficient (Wildman–Crippen LogP) is 1.68. The summed E-state index contributed by atoms with van der Waals surface area (Å²) in [6.07, 6.45) is 6.49. The number of hydrogen-bond donors (Lipinski definition) is 2. The highest BCUT2D eigenvalue weighted by molar-refractivity contribution is 5.95. The quantitative estimate of drug-likeness (QED) is 0.801. The number of aromatic nitrogens is 2. The van der Waals surface area contributed by atoms with Gasteiger partial charge in [0.2, 0.25) is 0 Å². The van der Waals surface area contributed by atoms with Crippen molar-refractivity contribution in [3.05, 3.63) is 63.8 Å². The van der Waals surface area contributed by atoms with Crippen LogP contribution in [0.2, 0.25) is 0 Å². The lowest BCUT2D eigenvalue weighted by molar-refractivity contribution is -0.0244. The Morgan fingerprint density at radius 2 is 2.10 bits per heavy atom. The molecule has 0 saturated carbocycles. The van der Waals surface area contributed by atoms with Gasteiger partial charge in [-0.3, -0.25) is 14.6 Å². The molecule has 7 heteroatoms. The first-order chi connectivity index (χ1) is 14.5. The van der Waals surface area contributed by atoms with Crippen molar-refractivity contribution in [2.45, 2.75) is 44.8 Å². The first-order valence-corrected chi connectivity index (χ1v) is 10.8. The van der Waals surface area contributed by atoms with Gasteiger partial charge in [-0.2, -0.15) is 0 Å². The van der Waals surface area contributed by atoms with Gasteiger partial charge in [-0.05, 0) is 75.4 Å². The van der Waals surface area contributed by atoms with Crippen LogP contribution < -0.4 is 10.9 Å². The minimum Gasteiger partial charge on any atom is -0.383 e. The summed E-state index contributed by atoms with van der Waals surface area (Å²) >= 11 is 0. The van der Waals surface area contributed by atoms with Gasteiger partial charge in [-0.15, -0.1) is 0 Å². The molecule has 1 unspecified atom stereocenters. The number of carbonyl (C=O) groups is 1. The Labute approximate surface area is 176 Å². The van der Waals surface area contributed by atoms with Gasteiger partial charge in [-0.1, -0.05) is 6.07 Å². The van der Waals surface area contributed by atoms with Crippen LogP contribution in [0.3, 0.4) is 0 Å². The molecule has 7 nitrogen and oxygen atoms in total. The van der Waals surface area contributed by atoms with Crippen molar-refractivity contribution in [3.63, 3.8) is 0 Å². The summed E-state index contributed by atoms with van der Waals surface area (Å²) in [5, 5.41) is 14.4. The number of rotatable bonds is 4. The van der Waals surface area contributed by atoms with Crippen LogP contribution in [0.15, 0.2) is 41.5 Å². The Morgan fingerprint density at radius 3 is 2.77 bits per heavy atom. The summed E-state index contributed by atoms with van der Waals surface area (Å²) in [7, 11) is 0. The molecule has 2 fully saturated rings. The number of pyridine rings is 2. The van der Waals surface area contributed by atoms with Crippen molar-refractivity contribution < 1.29 is 9.90 Å². The molecule has 2 aliphatic rings. The molecule has 1 atom stereocenters. The molecule has 30 heavy (non-hydrogen) atoms. The zero-order valence-electron chi connectivity index (χ0n) is 17.5. The van der Waals surface area contributed by atoms with E-state index in [9.17, 15) is 14.7 Å². The van der Waals surface area contributed by atoms with Gasteiger partial charge in [0, 0.05) is 32.0 Å². The number of piperidine rings is 2. The lowest BCUT2D eigenvalue weighted by atomic mass is 9.87. The van der Waals surface area contributed by atoms with Crippen LogP contribution >= 0.6 is 0 Å². The maximum absolute atomic E-state index is 13.2. The molecule has 2 aromatic heterocycles. The first kappa shape index (κ1) is 20.8. The average molecular weight is 411 g/mol. The van der Waals surface area contributed by atoms with E-state index in [-0.39, 0.29) is 17.0 Å². The summed E-state index contributed by atoms with van der Waals surface area (Å²) in [4.78, 5) is 32.3. The Bertz CT molecular complexity index is 943. The molecule has 0 aliphatic carbocycles. The third kappa shape index (κ3) is 4.18. The molecule has 2 aromatic rings. The second-order valence-corrected chi connectivity index (χ2v) is 8.58. The van der Waals surface area contributed by atoms with Gasteiger partial charge in [-0.25, -0.2) is 0 Å². The third-order valence-corrected chi connectivity index (χ3v) is 6.46. The van der Waals surface area contributed by atoms with Crippen LogP contribution in [0.5, 0.6) is 0 Å². The second kappa shape index (κ2) is 8.70. The second-order valence-electron chi connectivity index (χ2n) is 8.58. The van der Waals surface area contributed by atoms with E-state index in [0.29, 0.717) is 49.7 Å². The molecular weight excluding hydrogens is 380 g/mol. The highest BCUT2D eigenvalue weighted by atomic mass is 16.3. The number of aliphatic hydroxyl groups is 1. The largest absolute Gasteiger partial charge is 0.383 e. The fourth-order valence-electron chi connectivity index (χ4n) is 4.56. The van der Waals surface area contributed by atoms with Gasteiger partial charge < -0.3 is 19.9 Å². The number of carbonyl (C=O) groups excluding carboxylic acids is 1. The minimum absolute atomic E-state index is 0.212. The molecule has 4 heterocycles. The smallest absolute Gasteiger partial charge is 0.263 e. The Morgan fingerprint density at radius 1 is 1.30 bits per heavy atom. The van der Waals surface area contributed by atoms with Crippen LogP contribution in [-0.2, 0) is 12.1 Å². The van der Waals surface area contributed by atoms with Crippen LogP contribution in [0.25, 0.3) is 0 Å². The number of likely N-dealkylation sites (tertiary alicyclic amines) is 1. The summed E-state index contributed by atoms with van der Waals surface area (Å²) in [6.45, 7) is 5.17. The lowest BCUT2D eigenvalue weighted by Crippen LogP contribution is -2.47. The molecule has 2 aliphatic heterocycles. The fraction of sp³-hybridized carbons (Fsp3) is 0.522. The molecule has 160 valence electrons. The van der Waals surface area contributed by atoms with E-state index in [1.807, 2.05) is 31.2 Å². The highest BCUT2D eigenvalue weighted by Gasteiger charge is 2.37. The molecule has 0 radical (unpaired) electrons. The Hall–Kier alpha value is -2.51. The van der Waals surface area contributed by atoms with Crippen LogP contribution in [0, 0.1) is 12.8 Å². The lowest BCUT2D eigenvalue weighted by Gasteiger charge is -2.37. The molecule has 0 spiro atoms. The van der Waals surface area contributed by atoms with E-state index >= 15 is 0 Å². The zero-order chi connectivity index (χ0) is 21.1. The number of nitrogens with one attached hydrogen (secondary N) is 1. The SMILES string of the molecule is Cc1ccn(CC2CCCNC2)c(=O)c1C(=O)N1CCC(O)(c2ccccn2)CC1. The molecular formula is C23H30N4O3. The first-order valence-electron chi connectivity index (χ1n) is 10.8. The number of amides is 1. The Balaban J connectivity index is 1.49. The fourth-order valence-corrected chi connectivity index (χ4v) is 4.56. The monoisotopic (exact) mass is 410 g/mol. The van der Waals surface area contributed by atoms with E-state index in [4.69, 9.17) is 0 Å². The van der Waals surface area contributed by atoms with Gasteiger partial charge >= 0.3 is 0 Å². The van der Waals surface area contributed by atoms with Crippen LogP contribution in [0.1, 0.15) is 47.3 Å². The number of aryl methyl sites for hydroxylation is 1. The van der Waals surface area contributed by atoms with E-state index in [0.717, 1.165) is 25.9 Å². The summed E-state index contributed by atoms with van der Waals surface area (Å²) in [5.74, 6) is 0.169. The topological polar surface area (TPSA) is 87.5 Å².